The van der Waals surface area contributed by atoms with Gasteiger partial charge in [0.15, 0.2) is 0 Å². The number of carbonyl (C=O) groups is 1. The second-order valence-electron chi connectivity index (χ2n) is 8.49. The second-order valence-corrected chi connectivity index (χ2v) is 9.64. The van der Waals surface area contributed by atoms with Gasteiger partial charge in [0.2, 0.25) is 0 Å². The summed E-state index contributed by atoms with van der Waals surface area (Å²) < 4.78 is 6.39. The molecule has 2 fully saturated rings. The average molecular weight is 484 g/mol. The van der Waals surface area contributed by atoms with Gasteiger partial charge in [-0.15, -0.1) is 0 Å². The van der Waals surface area contributed by atoms with Crippen LogP contribution >= 0.6 is 0 Å². The Hall–Kier alpha value is -2.51. The number of fused-ring (bicyclic) bond motifs is 1. The van der Waals surface area contributed by atoms with Gasteiger partial charge in [-0.2, -0.15) is 0 Å². The van der Waals surface area contributed by atoms with Crippen LogP contribution in [0.25, 0.3) is 11.0 Å². The molecule has 1 N–H and O–H groups in total. The minimum absolute atomic E-state index is 0.138. The van der Waals surface area contributed by atoms with Crippen molar-refractivity contribution >= 4 is 44.1 Å². The van der Waals surface area contributed by atoms with Crippen LogP contribution in [0.15, 0.2) is 23.0 Å². The number of nitrogens with zero attached hydrogens (tertiary/aromatic N) is 6. The van der Waals surface area contributed by atoms with Crippen molar-refractivity contribution in [1.82, 2.24) is 25.0 Å². The third kappa shape index (κ3) is 3.40. The van der Waals surface area contributed by atoms with Crippen molar-refractivity contribution < 1.29 is 14.4 Å². The Balaban J connectivity index is 1.41. The Morgan fingerprint density at radius 3 is 2.87 bits per heavy atom. The van der Waals surface area contributed by atoms with E-state index in [1.54, 1.807) is 19.4 Å². The Morgan fingerprint density at radius 1 is 1.26 bits per heavy atom. The van der Waals surface area contributed by atoms with E-state index in [2.05, 4.69) is 33.0 Å². The van der Waals surface area contributed by atoms with Crippen molar-refractivity contribution in [3.05, 3.63) is 35.5 Å². The Bertz CT molecular complexity index is 1170. The zero-order valence-corrected chi connectivity index (χ0v) is 20.0. The summed E-state index contributed by atoms with van der Waals surface area (Å²) in [5.74, 6) is 0.955. The first-order valence-electron chi connectivity index (χ1n) is 10.4. The molecule has 3 aromatic rings. The number of pyridine rings is 1. The van der Waals surface area contributed by atoms with Crippen LogP contribution in [0.1, 0.15) is 42.2 Å². The summed E-state index contributed by atoms with van der Waals surface area (Å²) in [4.78, 5) is 29.7. The van der Waals surface area contributed by atoms with E-state index in [1.165, 1.54) is 21.8 Å². The molecule has 0 aromatic carbocycles. The van der Waals surface area contributed by atoms with Crippen LogP contribution in [0, 0.1) is 6.92 Å². The summed E-state index contributed by atoms with van der Waals surface area (Å²) in [6.07, 6.45) is 3.86. The molecule has 2 aliphatic rings. The van der Waals surface area contributed by atoms with Gasteiger partial charge in [0.1, 0.15) is 0 Å². The molecule has 1 amide bonds. The number of likely N-dealkylation sites (tertiary alicyclic amines) is 1. The van der Waals surface area contributed by atoms with Crippen LogP contribution in [-0.4, -0.2) is 79.6 Å². The standard InChI is InChI=1S/C21H25AsN6O3/c1-12-8-16(25-18-17(12)23-11-24-19(18)22)28-6-3-4-13(10-28)14-9-15(31-26-14)21(30)5-7-27(2)20(21)29/h8-9,11,13,30H,3-7,10,22H2,1-2H3/t13?,21-/m1/s1. The first kappa shape index (κ1) is 20.4. The number of rotatable bonds is 3. The van der Waals surface area contributed by atoms with Crippen molar-refractivity contribution in [2.75, 3.05) is 31.6 Å². The van der Waals surface area contributed by atoms with E-state index < -0.39 is 5.60 Å². The molecule has 9 nitrogen and oxygen atoms in total. The van der Waals surface area contributed by atoms with Gasteiger partial charge in [0.05, 0.1) is 0 Å². The number of anilines is 1. The van der Waals surface area contributed by atoms with Crippen molar-refractivity contribution in [3.8, 4) is 0 Å². The van der Waals surface area contributed by atoms with E-state index in [1.807, 2.05) is 0 Å². The number of hydrogen-bond acceptors (Lipinski definition) is 8. The van der Waals surface area contributed by atoms with Crippen molar-refractivity contribution in [1.29, 1.82) is 0 Å². The van der Waals surface area contributed by atoms with Crippen LogP contribution in [0.2, 0.25) is 0 Å². The monoisotopic (exact) mass is 484 g/mol. The number of carbonyl (C=O) groups excluding carboxylic acids is 1. The zero-order valence-electron chi connectivity index (χ0n) is 17.6. The first-order chi connectivity index (χ1) is 14.9. The molecular weight excluding hydrogens is 459 g/mol. The molecule has 5 heterocycles. The molecule has 3 atom stereocenters. The van der Waals surface area contributed by atoms with Gasteiger partial charge in [-0.1, -0.05) is 0 Å². The van der Waals surface area contributed by atoms with Crippen molar-refractivity contribution in [2.45, 2.75) is 37.7 Å². The average Bonchev–Trinajstić information content (AvgIpc) is 3.37. The topological polar surface area (TPSA) is 108 Å². The number of aromatic nitrogens is 4. The Kier molecular flexibility index (Phi) is 4.98. The third-order valence-electron chi connectivity index (χ3n) is 6.41. The van der Waals surface area contributed by atoms with Crippen LogP contribution in [0.5, 0.6) is 0 Å². The number of likely N-dealkylation sites (N-methyl/N-ethyl adjacent to an activating group) is 1. The molecule has 0 bridgehead atoms. The van der Waals surface area contributed by atoms with E-state index in [9.17, 15) is 9.90 Å². The van der Waals surface area contributed by atoms with E-state index >= 15 is 0 Å². The van der Waals surface area contributed by atoms with E-state index in [4.69, 9.17) is 9.51 Å². The number of piperidine rings is 1. The number of amides is 1. The molecule has 31 heavy (non-hydrogen) atoms. The fourth-order valence-electron chi connectivity index (χ4n) is 4.55. The molecule has 0 aliphatic carbocycles. The third-order valence-corrected chi connectivity index (χ3v) is 7.29. The van der Waals surface area contributed by atoms with E-state index in [0.29, 0.717) is 13.0 Å². The summed E-state index contributed by atoms with van der Waals surface area (Å²) in [6, 6.07) is 3.83. The number of aliphatic hydroxyl groups is 1. The molecule has 10 heteroatoms. The van der Waals surface area contributed by atoms with Crippen molar-refractivity contribution in [2.24, 2.45) is 0 Å². The summed E-state index contributed by atoms with van der Waals surface area (Å²) in [6.45, 7) is 4.20. The van der Waals surface area contributed by atoms with Gasteiger partial charge in [-0.25, -0.2) is 0 Å². The van der Waals surface area contributed by atoms with Crippen molar-refractivity contribution in [3.63, 3.8) is 0 Å². The summed E-state index contributed by atoms with van der Waals surface area (Å²) in [7, 11) is 1.68. The maximum absolute atomic E-state index is 12.4. The number of hydrogen-bond donors (Lipinski definition) is 1. The summed E-state index contributed by atoms with van der Waals surface area (Å²) in [5, 5.41) is 15.1. The van der Waals surface area contributed by atoms with Crippen LogP contribution in [-0.2, 0) is 10.4 Å². The summed E-state index contributed by atoms with van der Waals surface area (Å²) >= 11 is 1.44. The molecule has 3 aromatic heterocycles. The normalized spacial score (nSPS) is 24.4. The summed E-state index contributed by atoms with van der Waals surface area (Å²) in [5.41, 5.74) is 2.00. The molecule has 2 aliphatic heterocycles. The number of aryl methyl sites for hydroxylation is 1. The maximum atomic E-state index is 12.4. The van der Waals surface area contributed by atoms with Gasteiger partial charge in [0.25, 0.3) is 0 Å². The van der Waals surface area contributed by atoms with Crippen LogP contribution in [0.4, 0.5) is 5.82 Å². The molecule has 0 spiro atoms. The quantitative estimate of drug-likeness (QED) is 0.519. The predicted octanol–water partition coefficient (Wildman–Crippen LogP) is 0.0133. The van der Waals surface area contributed by atoms with E-state index in [0.717, 1.165) is 58.5 Å². The minimum atomic E-state index is -1.61. The fourth-order valence-corrected chi connectivity index (χ4v) is 5.11. The van der Waals surface area contributed by atoms with Gasteiger partial charge >= 0.3 is 165 Å². The first-order valence-corrected chi connectivity index (χ1v) is 11.7. The predicted molar refractivity (Wildman–Crippen MR) is 117 cm³/mol. The molecule has 2 saturated heterocycles. The van der Waals surface area contributed by atoms with Gasteiger partial charge < -0.3 is 4.90 Å². The molecular formula is C21H25AsN6O3. The van der Waals surface area contributed by atoms with E-state index in [-0.39, 0.29) is 17.6 Å². The Morgan fingerprint density at radius 2 is 2.10 bits per heavy atom. The van der Waals surface area contributed by atoms with Gasteiger partial charge in [-0.05, 0) is 0 Å². The van der Waals surface area contributed by atoms with Gasteiger partial charge in [0, 0.05) is 13.6 Å². The van der Waals surface area contributed by atoms with Crippen LogP contribution < -0.4 is 9.38 Å². The van der Waals surface area contributed by atoms with Gasteiger partial charge in [-0.3, -0.25) is 4.79 Å². The molecule has 162 valence electrons. The zero-order chi connectivity index (χ0) is 21.8. The Labute approximate surface area is 188 Å². The van der Waals surface area contributed by atoms with Crippen LogP contribution in [0.3, 0.4) is 0 Å². The second kappa shape index (κ2) is 7.57. The fraction of sp³-hybridized carbons (Fsp3) is 0.476. The SMILES string of the molecule is Cc1cc(N2CCCC(c3cc([C@]4(O)CCN(C)C4=O)on3)C2)nc2c([AsH2])ncnc12. The molecule has 0 radical (unpaired) electrons. The molecule has 2 unspecified atom stereocenters. The molecule has 0 saturated carbocycles. The molecule has 5 rings (SSSR count).